The van der Waals surface area contributed by atoms with Crippen molar-refractivity contribution in [2.45, 2.75) is 70.8 Å². The first kappa shape index (κ1) is 27.5. The maximum absolute atomic E-state index is 13.6. The molecule has 3 aromatic rings. The fourth-order valence-electron chi connectivity index (χ4n) is 6.93. The summed E-state index contributed by atoms with van der Waals surface area (Å²) in [5, 5.41) is 0. The molecule has 39 heavy (non-hydrogen) atoms. The van der Waals surface area contributed by atoms with Crippen molar-refractivity contribution >= 4 is 17.3 Å². The van der Waals surface area contributed by atoms with E-state index in [4.69, 9.17) is 10.5 Å². The van der Waals surface area contributed by atoms with Crippen molar-refractivity contribution < 1.29 is 9.53 Å². The van der Waals surface area contributed by atoms with Gasteiger partial charge in [-0.3, -0.25) is 9.69 Å². The molecular weight excluding hydrogens is 480 g/mol. The summed E-state index contributed by atoms with van der Waals surface area (Å²) >= 11 is 0. The molecule has 0 bridgehead atoms. The summed E-state index contributed by atoms with van der Waals surface area (Å²) in [6, 6.07) is 27.4. The minimum absolute atomic E-state index is 0.0561. The molecule has 0 heterocycles. The lowest BCUT2D eigenvalue weighted by Crippen LogP contribution is -2.57. The number of carbonyl (C=O) groups excluding carboxylic acids is 1. The predicted molar refractivity (Wildman–Crippen MR) is 160 cm³/mol. The van der Waals surface area contributed by atoms with Gasteiger partial charge in [0.25, 0.3) is 5.91 Å². The number of hydrogen-bond acceptors (Lipinski definition) is 3. The zero-order chi connectivity index (χ0) is 27.2. The Morgan fingerprint density at radius 3 is 1.67 bits per heavy atom. The van der Waals surface area contributed by atoms with Crippen molar-refractivity contribution in [1.29, 1.82) is 0 Å². The van der Waals surface area contributed by atoms with Gasteiger partial charge in [-0.05, 0) is 86.1 Å². The van der Waals surface area contributed by atoms with Crippen molar-refractivity contribution in [1.82, 2.24) is 0 Å². The summed E-state index contributed by atoms with van der Waals surface area (Å²) in [6.07, 6.45) is 9.78. The van der Waals surface area contributed by atoms with Crippen LogP contribution in [0.1, 0.15) is 75.6 Å². The molecule has 4 heteroatoms. The standard InChI is InChI=1S/C35H44N2O2/c1-26-13-17-29(18-14-26)35(25-36,30-19-15-27(2)16-20-30)39-33-23-21-32(22-24-33)37(31-11-7-4-8-12-31)34(38)28-9-5-3-6-10-28/h3-12,21-24,26-27,29-30H,13-20,25,36H2,1-2H3. The number of nitrogens with zero attached hydrogens (tertiary/aromatic N) is 1. The van der Waals surface area contributed by atoms with Crippen LogP contribution in [0.4, 0.5) is 11.4 Å². The highest BCUT2D eigenvalue weighted by molar-refractivity contribution is 6.10. The Morgan fingerprint density at radius 2 is 1.18 bits per heavy atom. The first-order valence-electron chi connectivity index (χ1n) is 14.9. The van der Waals surface area contributed by atoms with E-state index in [0.717, 1.165) is 29.0 Å². The molecule has 2 aliphatic rings. The summed E-state index contributed by atoms with van der Waals surface area (Å²) in [7, 11) is 0. The van der Waals surface area contributed by atoms with Crippen LogP contribution < -0.4 is 15.4 Å². The highest BCUT2D eigenvalue weighted by Crippen LogP contribution is 2.47. The molecular formula is C35H44N2O2. The fraction of sp³-hybridized carbons (Fsp3) is 0.457. The molecule has 1 amide bonds. The Morgan fingerprint density at radius 1 is 0.718 bits per heavy atom. The second-order valence-corrected chi connectivity index (χ2v) is 12.0. The lowest BCUT2D eigenvalue weighted by molar-refractivity contribution is -0.0688. The molecule has 2 aliphatic carbocycles. The Bertz CT molecular complexity index is 1160. The number of anilines is 2. The molecule has 0 unspecified atom stereocenters. The van der Waals surface area contributed by atoms with Crippen LogP contribution in [0.2, 0.25) is 0 Å². The van der Waals surface area contributed by atoms with Gasteiger partial charge in [-0.15, -0.1) is 0 Å². The number of rotatable bonds is 8. The smallest absolute Gasteiger partial charge is 0.262 e. The monoisotopic (exact) mass is 524 g/mol. The van der Waals surface area contributed by atoms with Gasteiger partial charge in [-0.25, -0.2) is 0 Å². The van der Waals surface area contributed by atoms with E-state index in [9.17, 15) is 4.79 Å². The average molecular weight is 525 g/mol. The first-order chi connectivity index (χ1) is 19.0. The van der Waals surface area contributed by atoms with Crippen LogP contribution in [0.5, 0.6) is 5.75 Å². The Kier molecular flexibility index (Phi) is 8.72. The second-order valence-electron chi connectivity index (χ2n) is 12.0. The number of ether oxygens (including phenoxy) is 1. The lowest BCUT2D eigenvalue weighted by atomic mass is 9.64. The van der Waals surface area contributed by atoms with Crippen molar-refractivity contribution in [2.24, 2.45) is 29.4 Å². The molecule has 0 radical (unpaired) electrons. The molecule has 2 saturated carbocycles. The molecule has 2 N–H and O–H groups in total. The van der Waals surface area contributed by atoms with Crippen LogP contribution in [-0.2, 0) is 0 Å². The highest BCUT2D eigenvalue weighted by Gasteiger charge is 2.48. The highest BCUT2D eigenvalue weighted by atomic mass is 16.5. The number of amides is 1. The number of hydrogen-bond donors (Lipinski definition) is 1. The number of nitrogens with two attached hydrogens (primary N) is 1. The summed E-state index contributed by atoms with van der Waals surface area (Å²) < 4.78 is 7.06. The number of para-hydroxylation sites is 1. The Labute approximate surface area is 234 Å². The zero-order valence-electron chi connectivity index (χ0n) is 23.6. The first-order valence-corrected chi connectivity index (χ1v) is 14.9. The van der Waals surface area contributed by atoms with Gasteiger partial charge in [0, 0.05) is 35.3 Å². The van der Waals surface area contributed by atoms with Crippen molar-refractivity contribution in [3.63, 3.8) is 0 Å². The third-order valence-corrected chi connectivity index (χ3v) is 9.37. The molecule has 5 rings (SSSR count). The SMILES string of the molecule is CC1CCC(C(CN)(Oc2ccc(N(C(=O)c3ccccc3)c3ccccc3)cc2)C2CCC(C)CC2)CC1. The third-order valence-electron chi connectivity index (χ3n) is 9.37. The van der Waals surface area contributed by atoms with Gasteiger partial charge in [0.2, 0.25) is 0 Å². The second kappa shape index (κ2) is 12.4. The van der Waals surface area contributed by atoms with E-state index in [1.807, 2.05) is 84.9 Å². The molecule has 3 aromatic carbocycles. The minimum atomic E-state index is -0.333. The topological polar surface area (TPSA) is 55.6 Å². The molecule has 0 aromatic heterocycles. The van der Waals surface area contributed by atoms with Crippen LogP contribution in [-0.4, -0.2) is 18.1 Å². The van der Waals surface area contributed by atoms with Crippen molar-refractivity contribution in [3.05, 3.63) is 90.5 Å². The quantitative estimate of drug-likeness (QED) is 0.322. The maximum atomic E-state index is 13.6. The predicted octanol–water partition coefficient (Wildman–Crippen LogP) is 8.39. The van der Waals surface area contributed by atoms with Crippen LogP contribution in [0, 0.1) is 23.7 Å². The molecule has 206 valence electrons. The largest absolute Gasteiger partial charge is 0.485 e. The molecule has 4 nitrogen and oxygen atoms in total. The van der Waals surface area contributed by atoms with E-state index >= 15 is 0 Å². The van der Waals surface area contributed by atoms with Gasteiger partial charge in [0.05, 0.1) is 0 Å². The van der Waals surface area contributed by atoms with Gasteiger partial charge < -0.3 is 10.5 Å². The molecule has 0 saturated heterocycles. The van der Waals surface area contributed by atoms with Crippen molar-refractivity contribution in [3.8, 4) is 5.75 Å². The summed E-state index contributed by atoms with van der Waals surface area (Å²) in [5.41, 5.74) is 8.64. The third kappa shape index (κ3) is 6.06. The van der Waals surface area contributed by atoms with E-state index in [2.05, 4.69) is 13.8 Å². The van der Waals surface area contributed by atoms with E-state index in [0.29, 0.717) is 23.9 Å². The van der Waals surface area contributed by atoms with Crippen LogP contribution in [0.15, 0.2) is 84.9 Å². The maximum Gasteiger partial charge on any atom is 0.262 e. The zero-order valence-corrected chi connectivity index (χ0v) is 23.6. The van der Waals surface area contributed by atoms with E-state index in [1.54, 1.807) is 4.90 Å². The molecule has 0 aliphatic heterocycles. The summed E-state index contributed by atoms with van der Waals surface area (Å²) in [5.74, 6) is 3.33. The van der Waals surface area contributed by atoms with Gasteiger partial charge in [-0.1, -0.05) is 75.9 Å². The lowest BCUT2D eigenvalue weighted by Gasteiger charge is -2.49. The summed E-state index contributed by atoms with van der Waals surface area (Å²) in [4.78, 5) is 15.4. The van der Waals surface area contributed by atoms with Gasteiger partial charge in [0.1, 0.15) is 11.4 Å². The number of carbonyl (C=O) groups is 1. The van der Waals surface area contributed by atoms with E-state index < -0.39 is 0 Å². The molecule has 0 spiro atoms. The van der Waals surface area contributed by atoms with Crippen molar-refractivity contribution in [2.75, 3.05) is 11.4 Å². The summed E-state index contributed by atoms with van der Waals surface area (Å²) in [6.45, 7) is 5.30. The normalized spacial score (nSPS) is 24.9. The fourth-order valence-corrected chi connectivity index (χ4v) is 6.93. The van der Waals surface area contributed by atoms with E-state index in [-0.39, 0.29) is 11.5 Å². The average Bonchev–Trinajstić information content (AvgIpc) is 2.99. The van der Waals surface area contributed by atoms with Gasteiger partial charge >= 0.3 is 0 Å². The number of benzene rings is 3. The Hall–Kier alpha value is -3.11. The molecule has 2 fully saturated rings. The van der Waals surface area contributed by atoms with E-state index in [1.165, 1.54) is 51.4 Å². The van der Waals surface area contributed by atoms with Crippen LogP contribution in [0.3, 0.4) is 0 Å². The van der Waals surface area contributed by atoms with Gasteiger partial charge in [-0.2, -0.15) is 0 Å². The van der Waals surface area contributed by atoms with Crippen LogP contribution >= 0.6 is 0 Å². The van der Waals surface area contributed by atoms with Gasteiger partial charge in [0.15, 0.2) is 0 Å². The molecule has 0 atom stereocenters. The Balaban J connectivity index is 1.44. The minimum Gasteiger partial charge on any atom is -0.485 e. The van der Waals surface area contributed by atoms with Crippen LogP contribution in [0.25, 0.3) is 0 Å².